The van der Waals surface area contributed by atoms with Gasteiger partial charge in [0.15, 0.2) is 0 Å². The number of para-hydroxylation sites is 1. The van der Waals surface area contributed by atoms with Crippen molar-refractivity contribution in [2.24, 2.45) is 0 Å². The van der Waals surface area contributed by atoms with Crippen LogP contribution in [0, 0.1) is 0 Å². The van der Waals surface area contributed by atoms with E-state index in [-0.39, 0.29) is 10.8 Å². The van der Waals surface area contributed by atoms with Gasteiger partial charge in [-0.05, 0) is 60.5 Å². The zero-order chi connectivity index (χ0) is 19.3. The Labute approximate surface area is 159 Å². The number of carbonyl (C=O) groups is 1. The molecule has 0 fully saturated rings. The maximum absolute atomic E-state index is 12.4. The molecule has 0 atom stereocenters. The second-order valence-corrected chi connectivity index (χ2v) is 7.69. The molecule has 6 heteroatoms. The van der Waals surface area contributed by atoms with Crippen molar-refractivity contribution >= 4 is 27.3 Å². The third kappa shape index (κ3) is 4.74. The normalized spacial score (nSPS) is 11.0. The summed E-state index contributed by atoms with van der Waals surface area (Å²) in [6.45, 7) is 2.05. The lowest BCUT2D eigenvalue weighted by Gasteiger charge is -2.09. The number of rotatable bonds is 6. The molecule has 3 aromatic rings. The molecule has 0 heterocycles. The van der Waals surface area contributed by atoms with Crippen molar-refractivity contribution in [1.29, 1.82) is 0 Å². The molecule has 138 valence electrons. The van der Waals surface area contributed by atoms with E-state index in [9.17, 15) is 13.2 Å². The lowest BCUT2D eigenvalue weighted by Crippen LogP contribution is -2.14. The summed E-state index contributed by atoms with van der Waals surface area (Å²) in [5.74, 6) is -0.289. The van der Waals surface area contributed by atoms with Crippen LogP contribution in [0.5, 0.6) is 0 Å². The van der Waals surface area contributed by atoms with Crippen LogP contribution in [0.4, 0.5) is 11.4 Å². The van der Waals surface area contributed by atoms with Crippen LogP contribution in [-0.2, 0) is 16.4 Å². The van der Waals surface area contributed by atoms with Crippen LogP contribution in [0.1, 0.15) is 22.8 Å². The Bertz CT molecular complexity index is 1030. The van der Waals surface area contributed by atoms with Crippen molar-refractivity contribution < 1.29 is 13.2 Å². The van der Waals surface area contributed by atoms with Crippen LogP contribution in [-0.4, -0.2) is 14.3 Å². The van der Waals surface area contributed by atoms with E-state index in [1.54, 1.807) is 30.3 Å². The van der Waals surface area contributed by atoms with E-state index >= 15 is 0 Å². The molecule has 0 spiro atoms. The molecule has 0 aliphatic carbocycles. The highest BCUT2D eigenvalue weighted by atomic mass is 32.2. The van der Waals surface area contributed by atoms with E-state index in [4.69, 9.17) is 0 Å². The first-order valence-electron chi connectivity index (χ1n) is 8.56. The summed E-state index contributed by atoms with van der Waals surface area (Å²) in [5, 5.41) is 2.83. The predicted octanol–water partition coefficient (Wildman–Crippen LogP) is 4.30. The average Bonchev–Trinajstić information content (AvgIpc) is 2.68. The van der Waals surface area contributed by atoms with Crippen LogP contribution >= 0.6 is 0 Å². The first-order chi connectivity index (χ1) is 13.0. The fourth-order valence-corrected chi connectivity index (χ4v) is 3.64. The Morgan fingerprint density at radius 2 is 1.52 bits per heavy atom. The minimum Gasteiger partial charge on any atom is -0.322 e. The highest BCUT2D eigenvalue weighted by Crippen LogP contribution is 2.17. The number of amides is 1. The zero-order valence-corrected chi connectivity index (χ0v) is 15.7. The molecule has 0 aromatic heterocycles. The first-order valence-corrected chi connectivity index (χ1v) is 10.0. The van der Waals surface area contributed by atoms with Gasteiger partial charge in [-0.1, -0.05) is 37.3 Å². The molecular weight excluding hydrogens is 360 g/mol. The summed E-state index contributed by atoms with van der Waals surface area (Å²) in [6, 6.07) is 22.1. The molecule has 0 aliphatic rings. The Morgan fingerprint density at radius 1 is 0.852 bits per heavy atom. The van der Waals surface area contributed by atoms with Gasteiger partial charge in [0.1, 0.15) is 0 Å². The lowest BCUT2D eigenvalue weighted by molar-refractivity contribution is 0.102. The van der Waals surface area contributed by atoms with Gasteiger partial charge in [0.2, 0.25) is 0 Å². The molecule has 0 unspecified atom stereocenters. The predicted molar refractivity (Wildman–Crippen MR) is 107 cm³/mol. The van der Waals surface area contributed by atoms with Gasteiger partial charge in [0.05, 0.1) is 4.90 Å². The van der Waals surface area contributed by atoms with Gasteiger partial charge in [-0.2, -0.15) is 0 Å². The van der Waals surface area contributed by atoms with E-state index in [1.807, 2.05) is 31.2 Å². The second kappa shape index (κ2) is 8.05. The van der Waals surface area contributed by atoms with Crippen molar-refractivity contribution in [3.63, 3.8) is 0 Å². The molecule has 2 N–H and O–H groups in total. The summed E-state index contributed by atoms with van der Waals surface area (Å²) >= 11 is 0. The maximum Gasteiger partial charge on any atom is 0.261 e. The molecule has 0 aliphatic heterocycles. The van der Waals surface area contributed by atoms with E-state index in [2.05, 4.69) is 10.0 Å². The third-order valence-electron chi connectivity index (χ3n) is 4.05. The van der Waals surface area contributed by atoms with Crippen molar-refractivity contribution in [3.05, 3.63) is 90.0 Å². The van der Waals surface area contributed by atoms with Gasteiger partial charge < -0.3 is 5.32 Å². The summed E-state index contributed by atoms with van der Waals surface area (Å²) in [7, 11) is -3.71. The highest BCUT2D eigenvalue weighted by Gasteiger charge is 2.15. The van der Waals surface area contributed by atoms with Crippen molar-refractivity contribution in [2.75, 3.05) is 10.0 Å². The Hall–Kier alpha value is -3.12. The van der Waals surface area contributed by atoms with Crippen LogP contribution in [0.25, 0.3) is 0 Å². The second-order valence-electron chi connectivity index (χ2n) is 6.00. The van der Waals surface area contributed by atoms with Gasteiger partial charge in [-0.25, -0.2) is 8.42 Å². The molecule has 0 bridgehead atoms. The molecule has 5 nitrogen and oxygen atoms in total. The molecule has 1 amide bonds. The van der Waals surface area contributed by atoms with Crippen LogP contribution in [0.3, 0.4) is 0 Å². The summed E-state index contributed by atoms with van der Waals surface area (Å²) in [4.78, 5) is 12.5. The molecular formula is C21H20N2O3S. The lowest BCUT2D eigenvalue weighted by atomic mass is 10.1. The van der Waals surface area contributed by atoms with E-state index in [0.29, 0.717) is 16.9 Å². The van der Waals surface area contributed by atoms with Gasteiger partial charge in [0, 0.05) is 16.9 Å². The monoisotopic (exact) mass is 380 g/mol. The Balaban J connectivity index is 1.73. The van der Waals surface area contributed by atoms with Crippen molar-refractivity contribution in [1.82, 2.24) is 0 Å². The van der Waals surface area contributed by atoms with Crippen LogP contribution < -0.4 is 10.0 Å². The van der Waals surface area contributed by atoms with E-state index < -0.39 is 10.0 Å². The number of aryl methyl sites for hydroxylation is 1. The first kappa shape index (κ1) is 18.7. The molecule has 0 radical (unpaired) electrons. The van der Waals surface area contributed by atoms with Crippen molar-refractivity contribution in [2.45, 2.75) is 18.2 Å². The minimum atomic E-state index is -3.71. The summed E-state index contributed by atoms with van der Waals surface area (Å²) in [5.41, 5.74) is 2.70. The standard InChI is InChI=1S/C21H20N2O3S/c1-2-16-7-6-10-19(15-16)22-21(24)17-11-13-20(14-12-17)27(25,26)23-18-8-4-3-5-9-18/h3-15,23H,2H2,1H3,(H,22,24). The SMILES string of the molecule is CCc1cccc(NC(=O)c2ccc(S(=O)(=O)Nc3ccccc3)cc2)c1. The molecule has 0 saturated carbocycles. The van der Waals surface area contributed by atoms with E-state index in [0.717, 1.165) is 12.0 Å². The Morgan fingerprint density at radius 3 is 2.19 bits per heavy atom. The fourth-order valence-electron chi connectivity index (χ4n) is 2.58. The topological polar surface area (TPSA) is 75.3 Å². The van der Waals surface area contributed by atoms with Crippen molar-refractivity contribution in [3.8, 4) is 0 Å². The highest BCUT2D eigenvalue weighted by molar-refractivity contribution is 7.92. The van der Waals surface area contributed by atoms with Gasteiger partial charge in [0.25, 0.3) is 15.9 Å². The number of carbonyl (C=O) groups excluding carboxylic acids is 1. The zero-order valence-electron chi connectivity index (χ0n) is 14.8. The summed E-state index contributed by atoms with van der Waals surface area (Å²) < 4.78 is 27.4. The van der Waals surface area contributed by atoms with Gasteiger partial charge in [-0.3, -0.25) is 9.52 Å². The molecule has 0 saturated heterocycles. The smallest absolute Gasteiger partial charge is 0.261 e. The number of hydrogen-bond acceptors (Lipinski definition) is 3. The quantitative estimate of drug-likeness (QED) is 0.669. The van der Waals surface area contributed by atoms with Crippen LogP contribution in [0.2, 0.25) is 0 Å². The van der Waals surface area contributed by atoms with Gasteiger partial charge in [-0.15, -0.1) is 0 Å². The number of sulfonamides is 1. The molecule has 27 heavy (non-hydrogen) atoms. The summed E-state index contributed by atoms with van der Waals surface area (Å²) in [6.07, 6.45) is 0.880. The number of benzene rings is 3. The fraction of sp³-hybridized carbons (Fsp3) is 0.0952. The maximum atomic E-state index is 12.4. The Kier molecular flexibility index (Phi) is 5.57. The third-order valence-corrected chi connectivity index (χ3v) is 5.44. The van der Waals surface area contributed by atoms with Gasteiger partial charge >= 0.3 is 0 Å². The average molecular weight is 380 g/mol. The molecule has 3 rings (SSSR count). The minimum absolute atomic E-state index is 0.0934. The molecule has 3 aromatic carbocycles. The van der Waals surface area contributed by atoms with E-state index in [1.165, 1.54) is 24.3 Å². The number of hydrogen-bond donors (Lipinski definition) is 2. The number of nitrogens with one attached hydrogen (secondary N) is 2. The van der Waals surface area contributed by atoms with Crippen LogP contribution in [0.15, 0.2) is 83.8 Å². The largest absolute Gasteiger partial charge is 0.322 e. The number of anilines is 2.